The zero-order chi connectivity index (χ0) is 20.8. The maximum absolute atomic E-state index is 13.7. The summed E-state index contributed by atoms with van der Waals surface area (Å²) in [7, 11) is 0. The van der Waals surface area contributed by atoms with Gasteiger partial charge in [-0.1, -0.05) is 0 Å². The van der Waals surface area contributed by atoms with Gasteiger partial charge in [0.05, 0.1) is 18.9 Å². The van der Waals surface area contributed by atoms with Crippen molar-refractivity contribution >= 4 is 17.6 Å². The van der Waals surface area contributed by atoms with E-state index < -0.39 is 29.0 Å². The van der Waals surface area contributed by atoms with E-state index in [2.05, 4.69) is 25.4 Å². The number of hydrogen-bond donors (Lipinski definition) is 2. The highest BCUT2D eigenvalue weighted by molar-refractivity contribution is 5.94. The molecule has 29 heavy (non-hydrogen) atoms. The first-order valence-electron chi connectivity index (χ1n) is 9.78. The van der Waals surface area contributed by atoms with Crippen molar-refractivity contribution in [2.45, 2.75) is 19.4 Å². The molecule has 0 bridgehead atoms. The molecule has 3 rings (SSSR count). The summed E-state index contributed by atoms with van der Waals surface area (Å²) in [5, 5.41) is 5.39. The van der Waals surface area contributed by atoms with Crippen molar-refractivity contribution in [3.8, 4) is 0 Å². The first-order chi connectivity index (χ1) is 14.0. The van der Waals surface area contributed by atoms with Gasteiger partial charge >= 0.3 is 0 Å². The van der Waals surface area contributed by atoms with Crippen molar-refractivity contribution < 1.29 is 22.7 Å². The van der Waals surface area contributed by atoms with E-state index >= 15 is 0 Å². The Morgan fingerprint density at radius 3 is 2.69 bits per heavy atom. The summed E-state index contributed by atoms with van der Waals surface area (Å²) in [6.45, 7) is 7.22. The summed E-state index contributed by atoms with van der Waals surface area (Å²) >= 11 is 0. The fourth-order valence-corrected chi connectivity index (χ4v) is 3.56. The Hall–Kier alpha value is -2.33. The lowest BCUT2D eigenvalue weighted by atomic mass is 10.2. The largest absolute Gasteiger partial charge is 0.379 e. The second-order valence-corrected chi connectivity index (χ2v) is 6.98. The number of nitrogens with one attached hydrogen (secondary N) is 2. The summed E-state index contributed by atoms with van der Waals surface area (Å²) in [5.74, 6) is -4.37. The van der Waals surface area contributed by atoms with Gasteiger partial charge < -0.3 is 20.3 Å². The number of benzene rings is 1. The van der Waals surface area contributed by atoms with Gasteiger partial charge in [-0.3, -0.25) is 9.69 Å². The third kappa shape index (κ3) is 5.39. The molecule has 0 aliphatic carbocycles. The van der Waals surface area contributed by atoms with E-state index in [0.29, 0.717) is 18.5 Å². The molecule has 1 amide bonds. The molecule has 0 radical (unpaired) electrons. The summed E-state index contributed by atoms with van der Waals surface area (Å²) in [6.07, 6.45) is 0.997. The minimum absolute atomic E-state index is 0.264. The molecule has 2 heterocycles. The van der Waals surface area contributed by atoms with Crippen molar-refractivity contribution in [3.05, 3.63) is 29.6 Å². The molecular formula is C19H26F3N5O2. The molecule has 160 valence electrons. The molecule has 0 aromatic heterocycles. The van der Waals surface area contributed by atoms with Crippen LogP contribution in [0.4, 0.5) is 18.9 Å². The quantitative estimate of drug-likeness (QED) is 0.434. The van der Waals surface area contributed by atoms with Crippen LogP contribution in [0.5, 0.6) is 0 Å². The van der Waals surface area contributed by atoms with Crippen molar-refractivity contribution in [2.75, 3.05) is 57.8 Å². The highest BCUT2D eigenvalue weighted by Gasteiger charge is 2.30. The van der Waals surface area contributed by atoms with E-state index in [9.17, 15) is 18.0 Å². The van der Waals surface area contributed by atoms with Gasteiger partial charge in [-0.05, 0) is 25.5 Å². The number of carbonyl (C=O) groups is 1. The molecule has 10 heteroatoms. The van der Waals surface area contributed by atoms with Crippen LogP contribution in [0.3, 0.4) is 0 Å². The third-order valence-electron chi connectivity index (χ3n) is 5.04. The van der Waals surface area contributed by atoms with E-state index in [-0.39, 0.29) is 6.54 Å². The number of hydrogen-bond acceptors (Lipinski definition) is 4. The average molecular weight is 413 g/mol. The summed E-state index contributed by atoms with van der Waals surface area (Å²) < 4.78 is 45.4. The second kappa shape index (κ2) is 9.93. The number of nitrogens with zero attached hydrogens (tertiary/aromatic N) is 3. The fraction of sp³-hybridized carbons (Fsp3) is 0.579. The van der Waals surface area contributed by atoms with Crippen molar-refractivity contribution in [1.82, 2.24) is 15.1 Å². The van der Waals surface area contributed by atoms with E-state index in [1.165, 1.54) is 0 Å². The number of anilines is 1. The topological polar surface area (TPSA) is 69.2 Å². The SMILES string of the molecule is CCNC(=NCC(=O)Nc1ccc(F)c(F)c1F)N1CCC(N2CCOCC2)C1. The molecule has 2 saturated heterocycles. The predicted molar refractivity (Wildman–Crippen MR) is 103 cm³/mol. The van der Waals surface area contributed by atoms with Crippen LogP contribution >= 0.6 is 0 Å². The number of likely N-dealkylation sites (tertiary alicyclic amines) is 1. The van der Waals surface area contributed by atoms with Crippen LogP contribution in [0, 0.1) is 17.5 Å². The van der Waals surface area contributed by atoms with Gasteiger partial charge in [0.2, 0.25) is 5.91 Å². The molecule has 1 unspecified atom stereocenters. The number of amides is 1. The molecule has 1 aromatic carbocycles. The number of morpholine rings is 1. The van der Waals surface area contributed by atoms with Gasteiger partial charge in [-0.25, -0.2) is 18.2 Å². The van der Waals surface area contributed by atoms with E-state index in [1.54, 1.807) is 0 Å². The zero-order valence-electron chi connectivity index (χ0n) is 16.4. The molecule has 7 nitrogen and oxygen atoms in total. The van der Waals surface area contributed by atoms with Gasteiger partial charge in [0.15, 0.2) is 23.4 Å². The third-order valence-corrected chi connectivity index (χ3v) is 5.04. The van der Waals surface area contributed by atoms with Gasteiger partial charge in [0.1, 0.15) is 6.54 Å². The first kappa shape index (κ1) is 21.4. The molecule has 2 N–H and O–H groups in total. The van der Waals surface area contributed by atoms with Crippen molar-refractivity contribution in [3.63, 3.8) is 0 Å². The fourth-order valence-electron chi connectivity index (χ4n) is 3.56. The normalized spacial score (nSPS) is 20.8. The Balaban J connectivity index is 1.59. The lowest BCUT2D eigenvalue weighted by Gasteiger charge is -2.32. The van der Waals surface area contributed by atoms with Gasteiger partial charge in [0, 0.05) is 38.8 Å². The summed E-state index contributed by atoms with van der Waals surface area (Å²) in [6, 6.07) is 2.15. The van der Waals surface area contributed by atoms with Gasteiger partial charge in [0.25, 0.3) is 0 Å². The van der Waals surface area contributed by atoms with Crippen LogP contribution in [0.15, 0.2) is 17.1 Å². The highest BCUT2D eigenvalue weighted by Crippen LogP contribution is 2.20. The standard InChI is InChI=1S/C19H26F3N5O2/c1-2-23-19(27-6-5-13(12-27)26-7-9-29-10-8-26)24-11-16(28)25-15-4-3-14(20)17(21)18(15)22/h3-4,13H,2,5-12H2,1H3,(H,23,24)(H,25,28). The van der Waals surface area contributed by atoms with Gasteiger partial charge in [-0.2, -0.15) is 0 Å². The second-order valence-electron chi connectivity index (χ2n) is 6.98. The van der Waals surface area contributed by atoms with E-state index in [0.717, 1.165) is 57.9 Å². The minimum Gasteiger partial charge on any atom is -0.379 e. The lowest BCUT2D eigenvalue weighted by Crippen LogP contribution is -2.46. The minimum atomic E-state index is -1.62. The van der Waals surface area contributed by atoms with E-state index in [4.69, 9.17) is 4.74 Å². The van der Waals surface area contributed by atoms with E-state index in [1.807, 2.05) is 6.92 Å². The van der Waals surface area contributed by atoms with Crippen LogP contribution in [-0.4, -0.2) is 80.2 Å². The van der Waals surface area contributed by atoms with Gasteiger partial charge in [-0.15, -0.1) is 0 Å². The molecular weight excluding hydrogens is 387 g/mol. The number of halogens is 3. The molecule has 0 spiro atoms. The number of ether oxygens (including phenoxy) is 1. The Kier molecular flexibility index (Phi) is 7.32. The molecule has 0 saturated carbocycles. The lowest BCUT2D eigenvalue weighted by molar-refractivity contribution is -0.114. The molecule has 1 atom stereocenters. The van der Waals surface area contributed by atoms with Crippen molar-refractivity contribution in [2.24, 2.45) is 4.99 Å². The Labute approximate surface area is 167 Å². The summed E-state index contributed by atoms with van der Waals surface area (Å²) in [5.41, 5.74) is -0.414. The number of aliphatic imine (C=N–C) groups is 1. The van der Waals surface area contributed by atoms with Crippen LogP contribution in [0.25, 0.3) is 0 Å². The molecule has 2 aliphatic rings. The van der Waals surface area contributed by atoms with Crippen LogP contribution in [-0.2, 0) is 9.53 Å². The number of rotatable bonds is 5. The first-order valence-corrected chi connectivity index (χ1v) is 9.78. The molecule has 2 aliphatic heterocycles. The van der Waals surface area contributed by atoms with Crippen LogP contribution < -0.4 is 10.6 Å². The summed E-state index contributed by atoms with van der Waals surface area (Å²) in [4.78, 5) is 21.0. The Morgan fingerprint density at radius 1 is 1.21 bits per heavy atom. The smallest absolute Gasteiger partial charge is 0.246 e. The van der Waals surface area contributed by atoms with Crippen molar-refractivity contribution in [1.29, 1.82) is 0 Å². The molecule has 1 aromatic rings. The predicted octanol–water partition coefficient (Wildman–Crippen LogP) is 1.41. The van der Waals surface area contributed by atoms with Crippen LogP contribution in [0.2, 0.25) is 0 Å². The Bertz CT molecular complexity index is 756. The number of carbonyl (C=O) groups excluding carboxylic acids is 1. The maximum Gasteiger partial charge on any atom is 0.246 e. The molecule has 2 fully saturated rings. The number of guanidine groups is 1. The highest BCUT2D eigenvalue weighted by atomic mass is 19.2. The zero-order valence-corrected chi connectivity index (χ0v) is 16.4. The van der Waals surface area contributed by atoms with Crippen LogP contribution in [0.1, 0.15) is 13.3 Å². The maximum atomic E-state index is 13.7. The average Bonchev–Trinajstić information content (AvgIpc) is 3.22. The monoisotopic (exact) mass is 413 g/mol. The Morgan fingerprint density at radius 2 is 1.97 bits per heavy atom.